The molecule has 27 heavy (non-hydrogen) atoms. The van der Waals surface area contributed by atoms with E-state index in [0.29, 0.717) is 31.9 Å². The van der Waals surface area contributed by atoms with E-state index >= 15 is 0 Å². The summed E-state index contributed by atoms with van der Waals surface area (Å²) >= 11 is 0. The first-order valence-corrected chi connectivity index (χ1v) is 10.0. The molecule has 0 aromatic heterocycles. The van der Waals surface area contributed by atoms with Gasteiger partial charge in [-0.3, -0.25) is 0 Å². The van der Waals surface area contributed by atoms with Gasteiger partial charge in [0.2, 0.25) is 10.0 Å². The second-order valence-electron chi connectivity index (χ2n) is 6.11. The normalized spacial score (nSPS) is 15.4. The minimum absolute atomic E-state index is 0.153. The Balaban J connectivity index is 1.77. The highest BCUT2D eigenvalue weighted by atomic mass is 32.2. The zero-order chi connectivity index (χ0) is 19.4. The summed E-state index contributed by atoms with van der Waals surface area (Å²) < 4.78 is 43.3. The lowest BCUT2D eigenvalue weighted by atomic mass is 10.2. The van der Waals surface area contributed by atoms with Crippen molar-refractivity contribution in [2.75, 3.05) is 52.4 Å². The number of benzene rings is 2. The molecule has 0 bridgehead atoms. The molecule has 1 heterocycles. The van der Waals surface area contributed by atoms with Crippen LogP contribution in [0.3, 0.4) is 0 Å². The van der Waals surface area contributed by atoms with Crippen molar-refractivity contribution in [1.29, 1.82) is 0 Å². The number of piperazine rings is 1. The van der Waals surface area contributed by atoms with Gasteiger partial charge >= 0.3 is 0 Å². The van der Waals surface area contributed by atoms with Gasteiger partial charge in [0.15, 0.2) is 0 Å². The summed E-state index contributed by atoms with van der Waals surface area (Å²) in [6, 6.07) is 12.5. The molecule has 1 saturated heterocycles. The van der Waals surface area contributed by atoms with Gasteiger partial charge < -0.3 is 19.1 Å². The molecule has 0 N–H and O–H groups in total. The molecule has 0 saturated carbocycles. The van der Waals surface area contributed by atoms with Gasteiger partial charge in [-0.15, -0.1) is 0 Å². The highest BCUT2D eigenvalue weighted by Crippen LogP contribution is 2.31. The van der Waals surface area contributed by atoms with E-state index in [-0.39, 0.29) is 10.6 Å². The van der Waals surface area contributed by atoms with Crippen LogP contribution >= 0.6 is 0 Å². The van der Waals surface area contributed by atoms with Crippen molar-refractivity contribution in [3.05, 3.63) is 42.5 Å². The number of rotatable bonds is 6. The number of anilines is 1. The third-order valence-corrected chi connectivity index (χ3v) is 6.58. The maximum Gasteiger partial charge on any atom is 0.246 e. The Morgan fingerprint density at radius 3 is 2.11 bits per heavy atom. The maximum absolute atomic E-state index is 13.1. The first-order chi connectivity index (χ1) is 13.0. The van der Waals surface area contributed by atoms with Crippen LogP contribution in [0.4, 0.5) is 5.69 Å². The molecular formula is C19H24N2O5S. The van der Waals surface area contributed by atoms with E-state index in [0.717, 1.165) is 11.4 Å². The van der Waals surface area contributed by atoms with Crippen LogP contribution in [0.25, 0.3) is 0 Å². The lowest BCUT2D eigenvalue weighted by Crippen LogP contribution is -2.48. The third kappa shape index (κ3) is 3.96. The fourth-order valence-electron chi connectivity index (χ4n) is 3.12. The first-order valence-electron chi connectivity index (χ1n) is 8.61. The summed E-state index contributed by atoms with van der Waals surface area (Å²) in [5.74, 6) is 1.61. The summed E-state index contributed by atoms with van der Waals surface area (Å²) in [6.45, 7) is 2.00. The predicted octanol–water partition coefficient (Wildman–Crippen LogP) is 2.22. The molecule has 2 aromatic carbocycles. The number of ether oxygens (including phenoxy) is 3. The minimum atomic E-state index is -3.65. The van der Waals surface area contributed by atoms with Crippen molar-refractivity contribution >= 4 is 15.7 Å². The quantitative estimate of drug-likeness (QED) is 0.751. The van der Waals surface area contributed by atoms with Gasteiger partial charge in [0.1, 0.15) is 22.1 Å². The van der Waals surface area contributed by atoms with E-state index in [1.54, 1.807) is 19.2 Å². The van der Waals surface area contributed by atoms with Crippen molar-refractivity contribution in [3.8, 4) is 17.2 Å². The standard InChI is InChI=1S/C19H24N2O5S/c1-24-16-6-4-5-15(13-16)20-9-11-21(12-10-20)27(22,23)19-8-7-17(25-2)14-18(19)26-3/h4-8,13-14H,9-12H2,1-3H3. The summed E-state index contributed by atoms with van der Waals surface area (Å²) in [6.07, 6.45) is 0. The van der Waals surface area contributed by atoms with Crippen LogP contribution in [0.2, 0.25) is 0 Å². The van der Waals surface area contributed by atoms with Gasteiger partial charge in [-0.1, -0.05) is 6.07 Å². The third-order valence-electron chi connectivity index (χ3n) is 4.65. The van der Waals surface area contributed by atoms with Crippen molar-refractivity contribution in [2.45, 2.75) is 4.90 Å². The first kappa shape index (κ1) is 19.3. The largest absolute Gasteiger partial charge is 0.497 e. The Kier molecular flexibility index (Phi) is 5.76. The molecule has 3 rings (SSSR count). The van der Waals surface area contributed by atoms with Gasteiger partial charge in [0.25, 0.3) is 0 Å². The zero-order valence-corrected chi connectivity index (χ0v) is 16.5. The average molecular weight is 392 g/mol. The molecule has 8 heteroatoms. The Morgan fingerprint density at radius 1 is 0.815 bits per heavy atom. The second-order valence-corrected chi connectivity index (χ2v) is 8.02. The molecule has 7 nitrogen and oxygen atoms in total. The van der Waals surface area contributed by atoms with Crippen LogP contribution in [0.1, 0.15) is 0 Å². The molecule has 1 fully saturated rings. The summed E-state index contributed by atoms with van der Waals surface area (Å²) in [7, 11) is 0.965. The number of hydrogen-bond donors (Lipinski definition) is 0. The number of methoxy groups -OCH3 is 3. The minimum Gasteiger partial charge on any atom is -0.497 e. The molecule has 0 atom stereocenters. The summed E-state index contributed by atoms with van der Waals surface area (Å²) in [4.78, 5) is 2.31. The van der Waals surface area contributed by atoms with E-state index in [4.69, 9.17) is 14.2 Å². The fourth-order valence-corrected chi connectivity index (χ4v) is 4.68. The molecule has 0 radical (unpaired) electrons. The smallest absolute Gasteiger partial charge is 0.246 e. The Hall–Kier alpha value is -2.45. The van der Waals surface area contributed by atoms with E-state index < -0.39 is 10.0 Å². The van der Waals surface area contributed by atoms with E-state index in [9.17, 15) is 8.42 Å². The monoisotopic (exact) mass is 392 g/mol. The summed E-state index contributed by atoms with van der Waals surface area (Å²) in [5, 5.41) is 0. The molecule has 146 valence electrons. The average Bonchev–Trinajstić information content (AvgIpc) is 2.73. The van der Waals surface area contributed by atoms with Crippen LogP contribution in [-0.4, -0.2) is 60.2 Å². The van der Waals surface area contributed by atoms with Crippen molar-refractivity contribution < 1.29 is 22.6 Å². The molecule has 1 aliphatic heterocycles. The zero-order valence-electron chi connectivity index (χ0n) is 15.7. The molecule has 2 aromatic rings. The van der Waals surface area contributed by atoms with Gasteiger partial charge in [0.05, 0.1) is 21.3 Å². The lowest BCUT2D eigenvalue weighted by molar-refractivity contribution is 0.369. The molecule has 0 spiro atoms. The van der Waals surface area contributed by atoms with E-state index in [2.05, 4.69) is 4.90 Å². The highest BCUT2D eigenvalue weighted by Gasteiger charge is 2.31. The Bertz CT molecular complexity index is 893. The lowest BCUT2D eigenvalue weighted by Gasteiger charge is -2.35. The molecule has 0 amide bonds. The van der Waals surface area contributed by atoms with Crippen LogP contribution in [0, 0.1) is 0 Å². The predicted molar refractivity (Wildman–Crippen MR) is 104 cm³/mol. The second kappa shape index (κ2) is 8.06. The number of hydrogen-bond acceptors (Lipinski definition) is 6. The topological polar surface area (TPSA) is 68.3 Å². The molecule has 1 aliphatic rings. The number of sulfonamides is 1. The van der Waals surface area contributed by atoms with E-state index in [1.807, 2.05) is 24.3 Å². The fraction of sp³-hybridized carbons (Fsp3) is 0.368. The molecular weight excluding hydrogens is 368 g/mol. The Labute approximate surface area is 160 Å². The van der Waals surface area contributed by atoms with Crippen molar-refractivity contribution in [3.63, 3.8) is 0 Å². The van der Waals surface area contributed by atoms with Gasteiger partial charge in [-0.05, 0) is 24.3 Å². The molecule has 0 unspecified atom stereocenters. The Morgan fingerprint density at radius 2 is 1.48 bits per heavy atom. The van der Waals surface area contributed by atoms with Crippen LogP contribution < -0.4 is 19.1 Å². The maximum atomic E-state index is 13.1. The van der Waals surface area contributed by atoms with Gasteiger partial charge in [-0.25, -0.2) is 8.42 Å². The SMILES string of the molecule is COc1cccc(N2CCN(S(=O)(=O)c3ccc(OC)cc3OC)CC2)c1. The van der Waals surface area contributed by atoms with E-state index in [1.165, 1.54) is 24.6 Å². The summed E-state index contributed by atoms with van der Waals surface area (Å²) in [5.41, 5.74) is 1.02. The van der Waals surface area contributed by atoms with Crippen molar-refractivity contribution in [2.24, 2.45) is 0 Å². The van der Waals surface area contributed by atoms with Crippen LogP contribution in [-0.2, 0) is 10.0 Å². The number of nitrogens with zero attached hydrogens (tertiary/aromatic N) is 2. The van der Waals surface area contributed by atoms with Crippen LogP contribution in [0.5, 0.6) is 17.2 Å². The molecule has 0 aliphatic carbocycles. The van der Waals surface area contributed by atoms with Gasteiger partial charge in [-0.2, -0.15) is 4.31 Å². The highest BCUT2D eigenvalue weighted by molar-refractivity contribution is 7.89. The van der Waals surface area contributed by atoms with Crippen LogP contribution in [0.15, 0.2) is 47.4 Å². The van der Waals surface area contributed by atoms with Crippen molar-refractivity contribution in [1.82, 2.24) is 4.31 Å². The van der Waals surface area contributed by atoms with Gasteiger partial charge in [0, 0.05) is 44.0 Å².